The van der Waals surface area contributed by atoms with Gasteiger partial charge in [0.15, 0.2) is 11.5 Å². The van der Waals surface area contributed by atoms with E-state index in [1.165, 1.54) is 22.0 Å². The van der Waals surface area contributed by atoms with E-state index in [2.05, 4.69) is 50.3 Å². The third kappa shape index (κ3) is 4.30. The van der Waals surface area contributed by atoms with Crippen molar-refractivity contribution < 1.29 is 5.11 Å². The van der Waals surface area contributed by atoms with Crippen molar-refractivity contribution in [2.75, 3.05) is 18.9 Å². The first kappa shape index (κ1) is 22.8. The Balaban J connectivity index is 1.61. The van der Waals surface area contributed by atoms with E-state index in [1.807, 2.05) is 6.07 Å². The molecule has 1 aromatic carbocycles. The summed E-state index contributed by atoms with van der Waals surface area (Å²) in [5, 5.41) is 14.0. The smallest absolute Gasteiger partial charge is 0.279 e. The lowest BCUT2D eigenvalue weighted by Gasteiger charge is -2.25. The molecule has 5 rings (SSSR count). The van der Waals surface area contributed by atoms with Gasteiger partial charge in [0.05, 0.1) is 5.69 Å². The summed E-state index contributed by atoms with van der Waals surface area (Å²) in [6.07, 6.45) is 8.09. The molecule has 0 radical (unpaired) electrons. The number of benzene rings is 1. The normalized spacial score (nSPS) is 14.0. The summed E-state index contributed by atoms with van der Waals surface area (Å²) in [5.74, 6) is 3.30. The first-order valence-corrected chi connectivity index (χ1v) is 11.4. The van der Waals surface area contributed by atoms with Gasteiger partial charge in [0.1, 0.15) is 17.5 Å². The van der Waals surface area contributed by atoms with Gasteiger partial charge in [-0.05, 0) is 62.7 Å². The number of rotatable bonds is 5. The molecule has 0 aliphatic carbocycles. The van der Waals surface area contributed by atoms with Crippen LogP contribution >= 0.6 is 0 Å². The number of anilines is 2. The van der Waals surface area contributed by atoms with Gasteiger partial charge >= 0.3 is 0 Å². The van der Waals surface area contributed by atoms with Crippen LogP contribution in [0.3, 0.4) is 0 Å². The van der Waals surface area contributed by atoms with E-state index >= 15 is 0 Å². The molecule has 9 nitrogen and oxygen atoms in total. The van der Waals surface area contributed by atoms with Gasteiger partial charge < -0.3 is 15.3 Å². The maximum absolute atomic E-state index is 13.1. The highest BCUT2D eigenvalue weighted by molar-refractivity contribution is 5.77. The number of hydrogen-bond acceptors (Lipinski definition) is 7. The molecule has 9 heteroatoms. The summed E-state index contributed by atoms with van der Waals surface area (Å²) in [5.41, 5.74) is 2.87. The second kappa shape index (κ2) is 8.65. The summed E-state index contributed by atoms with van der Waals surface area (Å²) in [7, 11) is 2.11. The number of nitrogens with one attached hydrogen (secondary N) is 1. The van der Waals surface area contributed by atoms with Crippen LogP contribution in [0.2, 0.25) is 0 Å². The van der Waals surface area contributed by atoms with Crippen LogP contribution in [0.4, 0.5) is 11.6 Å². The fourth-order valence-corrected chi connectivity index (χ4v) is 4.34. The quantitative estimate of drug-likeness (QED) is 0.433. The molecule has 1 aliphatic heterocycles. The molecule has 0 saturated carbocycles. The number of fused-ring (bicyclic) bond motifs is 2. The summed E-state index contributed by atoms with van der Waals surface area (Å²) in [6, 6.07) is 11.5. The molecule has 0 saturated heterocycles. The average molecular weight is 470 g/mol. The Morgan fingerprint density at radius 2 is 2.03 bits per heavy atom. The van der Waals surface area contributed by atoms with Crippen LogP contribution in [0, 0.1) is 12.3 Å². The van der Waals surface area contributed by atoms with Gasteiger partial charge in [-0.15, -0.1) is 6.42 Å². The minimum absolute atomic E-state index is 0.0325. The molecule has 2 N–H and O–H groups in total. The fourth-order valence-electron chi connectivity index (χ4n) is 4.34. The van der Waals surface area contributed by atoms with Crippen molar-refractivity contribution in [2.24, 2.45) is 0 Å². The van der Waals surface area contributed by atoms with Crippen molar-refractivity contribution >= 4 is 22.7 Å². The summed E-state index contributed by atoms with van der Waals surface area (Å²) >= 11 is 0. The van der Waals surface area contributed by atoms with Crippen molar-refractivity contribution in [3.8, 4) is 18.2 Å². The summed E-state index contributed by atoms with van der Waals surface area (Å²) in [4.78, 5) is 29.0. The van der Waals surface area contributed by atoms with Gasteiger partial charge in [0.25, 0.3) is 5.56 Å². The topological polar surface area (TPSA) is 101 Å². The van der Waals surface area contributed by atoms with E-state index in [9.17, 15) is 9.90 Å². The Kier molecular flexibility index (Phi) is 5.63. The second-order valence-corrected chi connectivity index (χ2v) is 9.35. The Morgan fingerprint density at radius 3 is 2.80 bits per heavy atom. The molecule has 0 bridgehead atoms. The first-order valence-electron chi connectivity index (χ1n) is 11.4. The molecule has 0 fully saturated rings. The van der Waals surface area contributed by atoms with E-state index in [0.717, 1.165) is 25.2 Å². The highest BCUT2D eigenvalue weighted by Crippen LogP contribution is 2.25. The predicted molar refractivity (Wildman–Crippen MR) is 135 cm³/mol. The van der Waals surface area contributed by atoms with Gasteiger partial charge in [-0.1, -0.05) is 18.1 Å². The van der Waals surface area contributed by atoms with Crippen molar-refractivity contribution in [3.05, 3.63) is 69.8 Å². The van der Waals surface area contributed by atoms with Crippen LogP contribution in [0.25, 0.3) is 16.9 Å². The lowest BCUT2D eigenvalue weighted by molar-refractivity contribution is 0.0738. The van der Waals surface area contributed by atoms with Crippen LogP contribution < -0.4 is 10.9 Å². The molecular weight excluding hydrogens is 442 g/mol. The maximum atomic E-state index is 13.1. The minimum Gasteiger partial charge on any atom is -0.384 e. The molecule has 0 spiro atoms. The van der Waals surface area contributed by atoms with Crippen LogP contribution in [0.1, 0.15) is 30.7 Å². The Hall–Kier alpha value is -4.00. The lowest BCUT2D eigenvalue weighted by Crippen LogP contribution is -2.26. The average Bonchev–Trinajstić information content (AvgIpc) is 3.09. The van der Waals surface area contributed by atoms with Gasteiger partial charge in [-0.2, -0.15) is 4.98 Å². The van der Waals surface area contributed by atoms with E-state index < -0.39 is 5.60 Å². The fraction of sp³-hybridized carbons (Fsp3) is 0.308. The van der Waals surface area contributed by atoms with Crippen molar-refractivity contribution in [1.82, 2.24) is 29.2 Å². The largest absolute Gasteiger partial charge is 0.384 e. The number of nitrogens with zero attached hydrogens (tertiary/aromatic N) is 6. The van der Waals surface area contributed by atoms with Crippen molar-refractivity contribution in [1.29, 1.82) is 0 Å². The second-order valence-electron chi connectivity index (χ2n) is 9.35. The molecule has 178 valence electrons. The highest BCUT2D eigenvalue weighted by atomic mass is 16.3. The standard InChI is InChI=1S/C26H27N7O2/c1-5-12-32-24(34)20-15-27-25(28-19-10-9-17-11-13-31(4)16-18(17)14-19)30-23(20)33(32)22-8-6-7-21(29-22)26(2,3)35/h1,6-10,14-15,35H,11-13,16H2,2-4H3,(H,27,28,30). The summed E-state index contributed by atoms with van der Waals surface area (Å²) < 4.78 is 2.98. The Morgan fingerprint density at radius 1 is 1.20 bits per heavy atom. The monoisotopic (exact) mass is 469 g/mol. The van der Waals surface area contributed by atoms with Gasteiger partial charge in [0, 0.05) is 25.0 Å². The van der Waals surface area contributed by atoms with Crippen LogP contribution in [-0.4, -0.2) is 47.9 Å². The lowest BCUT2D eigenvalue weighted by atomic mass is 9.99. The number of hydrogen-bond donors (Lipinski definition) is 2. The zero-order valence-corrected chi connectivity index (χ0v) is 20.0. The molecule has 0 unspecified atom stereocenters. The van der Waals surface area contributed by atoms with Crippen LogP contribution in [0.15, 0.2) is 47.4 Å². The number of aliphatic hydroxyl groups is 1. The molecule has 3 aromatic heterocycles. The molecule has 35 heavy (non-hydrogen) atoms. The molecule has 4 aromatic rings. The van der Waals surface area contributed by atoms with Gasteiger partial charge in [-0.25, -0.2) is 19.3 Å². The number of terminal acetylenes is 1. The van der Waals surface area contributed by atoms with E-state index in [-0.39, 0.29) is 12.1 Å². The third-order valence-corrected chi connectivity index (χ3v) is 6.16. The molecule has 4 heterocycles. The minimum atomic E-state index is -1.15. The molecule has 1 aliphatic rings. The number of likely N-dealkylation sites (N-methyl/N-ethyl adjacent to an activating group) is 1. The SMILES string of the molecule is C#CCn1c(=O)c2cnc(Nc3ccc4c(c3)CN(C)CC4)nc2n1-c1cccc(C(C)(C)O)n1. The Bertz CT molecular complexity index is 1520. The predicted octanol–water partition coefficient (Wildman–Crippen LogP) is 2.57. The third-order valence-electron chi connectivity index (χ3n) is 6.16. The first-order chi connectivity index (χ1) is 16.7. The number of pyridine rings is 1. The van der Waals surface area contributed by atoms with Gasteiger partial charge in [-0.3, -0.25) is 4.79 Å². The van der Waals surface area contributed by atoms with E-state index in [4.69, 9.17) is 6.42 Å². The number of aromatic nitrogens is 5. The van der Waals surface area contributed by atoms with Crippen LogP contribution in [-0.2, 0) is 25.1 Å². The van der Waals surface area contributed by atoms with Gasteiger partial charge in [0.2, 0.25) is 5.95 Å². The molecule has 0 atom stereocenters. The zero-order chi connectivity index (χ0) is 24.7. The van der Waals surface area contributed by atoms with Crippen LogP contribution in [0.5, 0.6) is 0 Å². The maximum Gasteiger partial charge on any atom is 0.279 e. The van der Waals surface area contributed by atoms with Crippen molar-refractivity contribution in [3.63, 3.8) is 0 Å². The Labute approximate surface area is 203 Å². The molecular formula is C26H27N7O2. The summed E-state index contributed by atoms with van der Waals surface area (Å²) in [6.45, 7) is 5.28. The van der Waals surface area contributed by atoms with E-state index in [0.29, 0.717) is 28.5 Å². The zero-order valence-electron chi connectivity index (χ0n) is 20.0. The highest BCUT2D eigenvalue weighted by Gasteiger charge is 2.22. The molecule has 0 amide bonds. The van der Waals surface area contributed by atoms with Crippen molar-refractivity contribution in [2.45, 2.75) is 39.0 Å². The van der Waals surface area contributed by atoms with E-state index in [1.54, 1.807) is 36.7 Å².